The van der Waals surface area contributed by atoms with Gasteiger partial charge in [-0.05, 0) is 39.7 Å². The standard InChI is InChI=1S/C15H23N5O/c1-10(2)19-13(8-9-16-19)15-17-11(3)18-20(15)12-6-4-5-7-14(12)21/h8-10,12,14,21H,4-7H2,1-3H3/t12-,14-/m1/s1. The molecule has 6 heteroatoms. The van der Waals surface area contributed by atoms with Crippen molar-refractivity contribution in [2.45, 2.75) is 64.6 Å². The van der Waals surface area contributed by atoms with Crippen LogP contribution < -0.4 is 0 Å². The molecule has 2 atom stereocenters. The summed E-state index contributed by atoms with van der Waals surface area (Å²) in [6, 6.07) is 2.25. The molecule has 0 bridgehead atoms. The fourth-order valence-electron chi connectivity index (χ4n) is 3.12. The molecule has 2 aromatic heterocycles. The van der Waals surface area contributed by atoms with Crippen LogP contribution in [0.4, 0.5) is 0 Å². The Hall–Kier alpha value is -1.69. The third kappa shape index (κ3) is 2.60. The summed E-state index contributed by atoms with van der Waals surface area (Å²) < 4.78 is 3.87. The topological polar surface area (TPSA) is 68.8 Å². The van der Waals surface area contributed by atoms with Crippen LogP contribution >= 0.6 is 0 Å². The van der Waals surface area contributed by atoms with Crippen molar-refractivity contribution in [1.29, 1.82) is 0 Å². The summed E-state index contributed by atoms with van der Waals surface area (Å²) in [5.41, 5.74) is 0.961. The fourth-order valence-corrected chi connectivity index (χ4v) is 3.12. The number of hydrogen-bond donors (Lipinski definition) is 1. The molecule has 2 aromatic rings. The van der Waals surface area contributed by atoms with E-state index in [0.717, 1.165) is 43.0 Å². The van der Waals surface area contributed by atoms with Crippen LogP contribution in [0.1, 0.15) is 57.4 Å². The van der Waals surface area contributed by atoms with Crippen LogP contribution in [0, 0.1) is 6.92 Å². The van der Waals surface area contributed by atoms with Crippen molar-refractivity contribution in [3.05, 3.63) is 18.1 Å². The van der Waals surface area contributed by atoms with Gasteiger partial charge in [0.15, 0.2) is 5.82 Å². The highest BCUT2D eigenvalue weighted by Crippen LogP contribution is 2.32. The highest BCUT2D eigenvalue weighted by Gasteiger charge is 2.29. The van der Waals surface area contributed by atoms with Gasteiger partial charge in [-0.15, -0.1) is 0 Å². The molecule has 0 amide bonds. The lowest BCUT2D eigenvalue weighted by atomic mass is 9.92. The third-order valence-electron chi connectivity index (χ3n) is 4.13. The zero-order chi connectivity index (χ0) is 15.0. The van der Waals surface area contributed by atoms with Crippen molar-refractivity contribution < 1.29 is 5.11 Å². The molecule has 1 saturated carbocycles. The summed E-state index contributed by atoms with van der Waals surface area (Å²) in [6.07, 6.45) is 5.46. The van der Waals surface area contributed by atoms with E-state index in [9.17, 15) is 5.11 Å². The number of aliphatic hydroxyl groups excluding tert-OH is 1. The second-order valence-electron chi connectivity index (χ2n) is 6.10. The Bertz CT molecular complexity index is 615. The number of rotatable bonds is 3. The molecule has 0 unspecified atom stereocenters. The predicted molar refractivity (Wildman–Crippen MR) is 79.9 cm³/mol. The van der Waals surface area contributed by atoms with Crippen molar-refractivity contribution in [2.75, 3.05) is 0 Å². The molecule has 0 aromatic carbocycles. The minimum absolute atomic E-state index is 0.0189. The number of hydrogen-bond acceptors (Lipinski definition) is 4. The molecule has 0 spiro atoms. The molecule has 114 valence electrons. The third-order valence-corrected chi connectivity index (χ3v) is 4.13. The van der Waals surface area contributed by atoms with E-state index in [1.165, 1.54) is 0 Å². The number of aryl methyl sites for hydroxylation is 1. The van der Waals surface area contributed by atoms with Crippen molar-refractivity contribution >= 4 is 0 Å². The van der Waals surface area contributed by atoms with E-state index in [1.807, 2.05) is 22.4 Å². The SMILES string of the molecule is Cc1nc(-c2ccnn2C(C)C)n([C@@H]2CCCC[C@H]2O)n1. The van der Waals surface area contributed by atoms with Gasteiger partial charge in [-0.3, -0.25) is 4.68 Å². The minimum Gasteiger partial charge on any atom is -0.391 e. The van der Waals surface area contributed by atoms with Crippen LogP contribution in [0.15, 0.2) is 12.3 Å². The molecule has 2 heterocycles. The van der Waals surface area contributed by atoms with E-state index in [1.54, 1.807) is 6.20 Å². The first kappa shape index (κ1) is 14.3. The lowest BCUT2D eigenvalue weighted by molar-refractivity contribution is 0.0700. The van der Waals surface area contributed by atoms with Crippen LogP contribution in [0.2, 0.25) is 0 Å². The van der Waals surface area contributed by atoms with Crippen LogP contribution in [0.25, 0.3) is 11.5 Å². The summed E-state index contributed by atoms with van der Waals surface area (Å²) in [5.74, 6) is 1.55. The maximum Gasteiger partial charge on any atom is 0.177 e. The highest BCUT2D eigenvalue weighted by molar-refractivity contribution is 5.50. The number of nitrogens with zero attached hydrogens (tertiary/aromatic N) is 5. The molecule has 0 radical (unpaired) electrons. The monoisotopic (exact) mass is 289 g/mol. The lowest BCUT2D eigenvalue weighted by Gasteiger charge is -2.28. The van der Waals surface area contributed by atoms with E-state index >= 15 is 0 Å². The molecular weight excluding hydrogens is 266 g/mol. The predicted octanol–water partition coefficient (Wildman–Crippen LogP) is 2.51. The number of aromatic nitrogens is 5. The van der Waals surface area contributed by atoms with E-state index in [-0.39, 0.29) is 18.2 Å². The van der Waals surface area contributed by atoms with E-state index in [0.29, 0.717) is 0 Å². The summed E-state index contributed by atoms with van der Waals surface area (Å²) in [6.45, 7) is 6.09. The second-order valence-corrected chi connectivity index (χ2v) is 6.10. The van der Waals surface area contributed by atoms with Gasteiger partial charge in [0.25, 0.3) is 0 Å². The van der Waals surface area contributed by atoms with Gasteiger partial charge < -0.3 is 5.11 Å². The molecule has 1 aliphatic rings. The Morgan fingerprint density at radius 2 is 2.05 bits per heavy atom. The van der Waals surface area contributed by atoms with Crippen molar-refractivity contribution in [3.63, 3.8) is 0 Å². The van der Waals surface area contributed by atoms with Crippen LogP contribution in [0.5, 0.6) is 0 Å². The molecule has 0 aliphatic heterocycles. The van der Waals surface area contributed by atoms with E-state index < -0.39 is 0 Å². The Labute approximate surface area is 124 Å². The van der Waals surface area contributed by atoms with Crippen LogP contribution in [0.3, 0.4) is 0 Å². The van der Waals surface area contributed by atoms with Crippen molar-refractivity contribution in [3.8, 4) is 11.5 Å². The summed E-state index contributed by atoms with van der Waals surface area (Å²) in [5, 5.41) is 19.2. The summed E-state index contributed by atoms with van der Waals surface area (Å²) in [4.78, 5) is 4.59. The lowest BCUT2D eigenvalue weighted by Crippen LogP contribution is -2.29. The van der Waals surface area contributed by atoms with Gasteiger partial charge in [-0.1, -0.05) is 12.8 Å². The van der Waals surface area contributed by atoms with Gasteiger partial charge in [0, 0.05) is 12.2 Å². The van der Waals surface area contributed by atoms with Gasteiger partial charge in [0.1, 0.15) is 11.5 Å². The Kier molecular flexibility index (Phi) is 3.80. The minimum atomic E-state index is -0.339. The van der Waals surface area contributed by atoms with E-state index in [2.05, 4.69) is 29.0 Å². The maximum atomic E-state index is 10.3. The zero-order valence-corrected chi connectivity index (χ0v) is 12.9. The van der Waals surface area contributed by atoms with Gasteiger partial charge in [0.2, 0.25) is 0 Å². The average Bonchev–Trinajstić information content (AvgIpc) is 3.05. The summed E-state index contributed by atoms with van der Waals surface area (Å²) in [7, 11) is 0. The van der Waals surface area contributed by atoms with Crippen LogP contribution in [-0.2, 0) is 0 Å². The molecule has 21 heavy (non-hydrogen) atoms. The van der Waals surface area contributed by atoms with Gasteiger partial charge >= 0.3 is 0 Å². The zero-order valence-electron chi connectivity index (χ0n) is 12.9. The Balaban J connectivity index is 2.05. The first-order valence-corrected chi connectivity index (χ1v) is 7.73. The Morgan fingerprint density at radius 1 is 1.29 bits per heavy atom. The maximum absolute atomic E-state index is 10.3. The van der Waals surface area contributed by atoms with Crippen molar-refractivity contribution in [2.24, 2.45) is 0 Å². The van der Waals surface area contributed by atoms with E-state index in [4.69, 9.17) is 0 Å². The molecular formula is C15H23N5O. The van der Waals surface area contributed by atoms with Gasteiger partial charge in [0.05, 0.1) is 12.1 Å². The molecule has 1 aliphatic carbocycles. The normalized spacial score (nSPS) is 22.9. The highest BCUT2D eigenvalue weighted by atomic mass is 16.3. The smallest absolute Gasteiger partial charge is 0.177 e. The largest absolute Gasteiger partial charge is 0.391 e. The fraction of sp³-hybridized carbons (Fsp3) is 0.667. The quantitative estimate of drug-likeness (QED) is 0.942. The second kappa shape index (κ2) is 5.60. The summed E-state index contributed by atoms with van der Waals surface area (Å²) >= 11 is 0. The van der Waals surface area contributed by atoms with Gasteiger partial charge in [-0.2, -0.15) is 10.2 Å². The Morgan fingerprint density at radius 3 is 2.76 bits per heavy atom. The molecule has 3 rings (SSSR count). The molecule has 1 N–H and O–H groups in total. The molecule has 6 nitrogen and oxygen atoms in total. The van der Waals surface area contributed by atoms with Crippen LogP contribution in [-0.4, -0.2) is 35.8 Å². The first-order valence-electron chi connectivity index (χ1n) is 7.73. The van der Waals surface area contributed by atoms with Gasteiger partial charge in [-0.25, -0.2) is 9.67 Å². The molecule has 1 fully saturated rings. The number of aliphatic hydroxyl groups is 1. The first-order chi connectivity index (χ1) is 10.1. The average molecular weight is 289 g/mol. The van der Waals surface area contributed by atoms with Crippen molar-refractivity contribution in [1.82, 2.24) is 24.5 Å². The molecule has 0 saturated heterocycles.